The molecule has 0 bridgehead atoms. The fourth-order valence-electron chi connectivity index (χ4n) is 1.87. The number of thiocarbonyl (C=S) groups is 1. The molecule has 98 valence electrons. The maximum Gasteiger partial charge on any atom is 0.152 e. The topological polar surface area (TPSA) is 76.3 Å². The maximum absolute atomic E-state index is 11.3. The summed E-state index contributed by atoms with van der Waals surface area (Å²) < 4.78 is 22.6. The lowest BCUT2D eigenvalue weighted by Crippen LogP contribution is -2.39. The summed E-state index contributed by atoms with van der Waals surface area (Å²) in [5.41, 5.74) is 7.18. The first-order chi connectivity index (χ1) is 8.46. The molecule has 1 aromatic rings. The first-order valence-corrected chi connectivity index (χ1v) is 7.87. The van der Waals surface area contributed by atoms with E-state index in [4.69, 9.17) is 18.0 Å². The van der Waals surface area contributed by atoms with Gasteiger partial charge in [-0.1, -0.05) is 12.2 Å². The number of hydrogen-bond donors (Lipinski definition) is 1. The Balaban J connectivity index is 2.02. The van der Waals surface area contributed by atoms with Crippen molar-refractivity contribution < 1.29 is 8.42 Å². The van der Waals surface area contributed by atoms with Crippen LogP contribution < -0.4 is 5.73 Å². The molecule has 1 aliphatic rings. The molecule has 2 N–H and O–H groups in total. The molecule has 7 heteroatoms. The SMILES string of the molecule is NC(=S)c1cc(CN2CCS(=O)(=O)CC2)ccn1. The minimum absolute atomic E-state index is 0.236. The number of hydrogen-bond acceptors (Lipinski definition) is 5. The summed E-state index contributed by atoms with van der Waals surface area (Å²) in [7, 11) is -2.82. The van der Waals surface area contributed by atoms with Crippen LogP contribution >= 0.6 is 12.2 Å². The minimum Gasteiger partial charge on any atom is -0.388 e. The van der Waals surface area contributed by atoms with E-state index in [9.17, 15) is 8.42 Å². The summed E-state index contributed by atoms with van der Waals surface area (Å²) in [6.45, 7) is 1.85. The van der Waals surface area contributed by atoms with Crippen LogP contribution in [-0.2, 0) is 16.4 Å². The van der Waals surface area contributed by atoms with Gasteiger partial charge in [-0.05, 0) is 17.7 Å². The van der Waals surface area contributed by atoms with Crippen LogP contribution in [0, 0.1) is 0 Å². The summed E-state index contributed by atoms with van der Waals surface area (Å²) >= 11 is 4.88. The third-order valence-electron chi connectivity index (χ3n) is 2.92. The second-order valence-electron chi connectivity index (χ2n) is 4.34. The smallest absolute Gasteiger partial charge is 0.152 e. The van der Waals surface area contributed by atoms with Gasteiger partial charge in [-0.2, -0.15) is 0 Å². The van der Waals surface area contributed by atoms with Crippen molar-refractivity contribution in [1.29, 1.82) is 0 Å². The van der Waals surface area contributed by atoms with Crippen LogP contribution in [0.1, 0.15) is 11.3 Å². The van der Waals surface area contributed by atoms with Crippen molar-refractivity contribution in [1.82, 2.24) is 9.88 Å². The molecule has 0 atom stereocenters. The molecule has 18 heavy (non-hydrogen) atoms. The monoisotopic (exact) mass is 285 g/mol. The molecule has 0 radical (unpaired) electrons. The Morgan fingerprint density at radius 1 is 1.44 bits per heavy atom. The van der Waals surface area contributed by atoms with Crippen LogP contribution in [0.15, 0.2) is 18.3 Å². The van der Waals surface area contributed by atoms with Gasteiger partial charge in [0.2, 0.25) is 0 Å². The highest BCUT2D eigenvalue weighted by atomic mass is 32.2. The Labute approximate surface area is 112 Å². The molecule has 2 rings (SSSR count). The molecule has 2 heterocycles. The van der Waals surface area contributed by atoms with Crippen molar-refractivity contribution in [3.63, 3.8) is 0 Å². The maximum atomic E-state index is 11.3. The van der Waals surface area contributed by atoms with E-state index in [0.29, 0.717) is 25.3 Å². The summed E-state index contributed by atoms with van der Waals surface area (Å²) in [4.78, 5) is 6.46. The third kappa shape index (κ3) is 3.47. The molecular formula is C11H15N3O2S2. The molecule has 5 nitrogen and oxygen atoms in total. The average Bonchev–Trinajstić information content (AvgIpc) is 2.32. The van der Waals surface area contributed by atoms with E-state index in [2.05, 4.69) is 9.88 Å². The standard InChI is InChI=1S/C11H15N3O2S2/c12-11(17)10-7-9(1-2-13-10)8-14-3-5-18(15,16)6-4-14/h1-2,7H,3-6,8H2,(H2,12,17). The van der Waals surface area contributed by atoms with Crippen LogP contribution in [0.3, 0.4) is 0 Å². The third-order valence-corrected chi connectivity index (χ3v) is 4.74. The second-order valence-corrected chi connectivity index (χ2v) is 7.09. The van der Waals surface area contributed by atoms with E-state index in [0.717, 1.165) is 5.56 Å². The molecule has 1 aliphatic heterocycles. The van der Waals surface area contributed by atoms with Crippen LogP contribution in [-0.4, -0.2) is 47.9 Å². The van der Waals surface area contributed by atoms with Crippen molar-refractivity contribution >= 4 is 27.0 Å². The highest BCUT2D eigenvalue weighted by Gasteiger charge is 2.21. The molecule has 0 saturated carbocycles. The first kappa shape index (κ1) is 13.4. The van der Waals surface area contributed by atoms with Gasteiger partial charge < -0.3 is 5.73 Å². The van der Waals surface area contributed by atoms with Crippen molar-refractivity contribution in [2.24, 2.45) is 5.73 Å². The van der Waals surface area contributed by atoms with Crippen molar-refractivity contribution in [3.05, 3.63) is 29.6 Å². The summed E-state index contributed by atoms with van der Waals surface area (Å²) in [5, 5.41) is 0. The van der Waals surface area contributed by atoms with Crippen LogP contribution in [0.5, 0.6) is 0 Å². The summed E-state index contributed by atoms with van der Waals surface area (Å²) in [6.07, 6.45) is 1.67. The molecule has 0 unspecified atom stereocenters. The molecule has 0 aliphatic carbocycles. The molecular weight excluding hydrogens is 270 g/mol. The van der Waals surface area contributed by atoms with E-state index >= 15 is 0 Å². The zero-order chi connectivity index (χ0) is 13.2. The van der Waals surface area contributed by atoms with Crippen molar-refractivity contribution in [3.8, 4) is 0 Å². The van der Waals surface area contributed by atoms with Gasteiger partial charge in [0, 0.05) is 25.8 Å². The quantitative estimate of drug-likeness (QED) is 0.785. The van der Waals surface area contributed by atoms with E-state index in [1.54, 1.807) is 6.20 Å². The largest absolute Gasteiger partial charge is 0.388 e. The molecule has 1 fully saturated rings. The van der Waals surface area contributed by atoms with Gasteiger partial charge in [-0.3, -0.25) is 9.88 Å². The van der Waals surface area contributed by atoms with E-state index in [1.165, 1.54) is 0 Å². The van der Waals surface area contributed by atoms with E-state index in [-0.39, 0.29) is 16.5 Å². The number of aromatic nitrogens is 1. The van der Waals surface area contributed by atoms with Gasteiger partial charge in [-0.25, -0.2) is 8.42 Å². The predicted octanol–water partition coefficient (Wildman–Crippen LogP) is -0.0538. The van der Waals surface area contributed by atoms with E-state index in [1.807, 2.05) is 12.1 Å². The molecule has 0 aromatic carbocycles. The number of nitrogens with two attached hydrogens (primary N) is 1. The van der Waals surface area contributed by atoms with Gasteiger partial charge in [-0.15, -0.1) is 0 Å². The molecule has 1 aromatic heterocycles. The van der Waals surface area contributed by atoms with Gasteiger partial charge in [0.25, 0.3) is 0 Å². The zero-order valence-electron chi connectivity index (χ0n) is 9.87. The molecule has 0 amide bonds. The van der Waals surface area contributed by atoms with Crippen molar-refractivity contribution in [2.45, 2.75) is 6.54 Å². The number of sulfone groups is 1. The highest BCUT2D eigenvalue weighted by Crippen LogP contribution is 2.10. The predicted molar refractivity (Wildman–Crippen MR) is 74.1 cm³/mol. The number of nitrogens with zero attached hydrogens (tertiary/aromatic N) is 2. The normalized spacial score (nSPS) is 19.6. The van der Waals surface area contributed by atoms with Crippen molar-refractivity contribution in [2.75, 3.05) is 24.6 Å². The van der Waals surface area contributed by atoms with Gasteiger partial charge in [0.1, 0.15) is 4.99 Å². The fraction of sp³-hybridized carbons (Fsp3) is 0.455. The van der Waals surface area contributed by atoms with Gasteiger partial charge >= 0.3 is 0 Å². The van der Waals surface area contributed by atoms with Crippen LogP contribution in [0.4, 0.5) is 0 Å². The Morgan fingerprint density at radius 3 is 2.72 bits per heavy atom. The Kier molecular flexibility index (Phi) is 3.94. The first-order valence-electron chi connectivity index (χ1n) is 5.64. The molecule has 1 saturated heterocycles. The van der Waals surface area contributed by atoms with Gasteiger partial charge in [0.15, 0.2) is 9.84 Å². The summed E-state index contributed by atoms with van der Waals surface area (Å²) in [6, 6.07) is 3.75. The Morgan fingerprint density at radius 2 is 2.11 bits per heavy atom. The average molecular weight is 285 g/mol. The number of pyridine rings is 1. The van der Waals surface area contributed by atoms with Gasteiger partial charge in [0.05, 0.1) is 17.2 Å². The lowest BCUT2D eigenvalue weighted by Gasteiger charge is -2.26. The Bertz CT molecular complexity index is 543. The lowest BCUT2D eigenvalue weighted by atomic mass is 10.2. The highest BCUT2D eigenvalue weighted by molar-refractivity contribution is 7.91. The van der Waals surface area contributed by atoms with E-state index < -0.39 is 9.84 Å². The molecule has 0 spiro atoms. The Hall–Kier alpha value is -1.05. The van der Waals surface area contributed by atoms with Crippen LogP contribution in [0.25, 0.3) is 0 Å². The summed E-state index contributed by atoms with van der Waals surface area (Å²) in [5.74, 6) is 0.473. The van der Waals surface area contributed by atoms with Crippen LogP contribution in [0.2, 0.25) is 0 Å². The zero-order valence-corrected chi connectivity index (χ0v) is 11.5. The minimum atomic E-state index is -2.82. The number of rotatable bonds is 3. The second kappa shape index (κ2) is 5.29. The fourth-order valence-corrected chi connectivity index (χ4v) is 3.26. The lowest BCUT2D eigenvalue weighted by molar-refractivity contribution is 0.287.